The van der Waals surface area contributed by atoms with Gasteiger partial charge in [-0.15, -0.1) is 0 Å². The van der Waals surface area contributed by atoms with E-state index < -0.39 is 0 Å². The van der Waals surface area contributed by atoms with Gasteiger partial charge in [0, 0.05) is 24.3 Å². The zero-order valence-electron chi connectivity index (χ0n) is 11.9. The monoisotopic (exact) mass is 274 g/mol. The number of anilines is 2. The Labute approximate surface area is 119 Å². The molecule has 1 saturated heterocycles. The summed E-state index contributed by atoms with van der Waals surface area (Å²) in [5, 5.41) is 3.34. The summed E-state index contributed by atoms with van der Waals surface area (Å²) in [5.74, 6) is 0. The molecule has 0 spiro atoms. The Morgan fingerprint density at radius 3 is 2.95 bits per heavy atom. The maximum absolute atomic E-state index is 5.74. The van der Waals surface area contributed by atoms with E-state index in [0.717, 1.165) is 17.6 Å². The van der Waals surface area contributed by atoms with Crippen molar-refractivity contribution in [3.05, 3.63) is 18.2 Å². The largest absolute Gasteiger partial charge is 0.423 e. The molecule has 5 heteroatoms. The summed E-state index contributed by atoms with van der Waals surface area (Å²) in [6.07, 6.45) is 3.99. The molecule has 3 rings (SSSR count). The number of nitrogen functional groups attached to an aromatic ring is 1. The summed E-state index contributed by atoms with van der Waals surface area (Å²) >= 11 is 0. The van der Waals surface area contributed by atoms with E-state index in [4.69, 9.17) is 10.2 Å². The highest BCUT2D eigenvalue weighted by molar-refractivity contribution is 5.78. The van der Waals surface area contributed by atoms with Gasteiger partial charge in [0.15, 0.2) is 5.58 Å². The normalized spacial score (nSPS) is 18.2. The van der Waals surface area contributed by atoms with Crippen molar-refractivity contribution in [2.24, 2.45) is 0 Å². The number of oxazole rings is 1. The van der Waals surface area contributed by atoms with Crippen LogP contribution < -0.4 is 11.1 Å². The molecule has 1 aliphatic heterocycles. The number of hydrogen-bond donors (Lipinski definition) is 2. The molecule has 2 aromatic rings. The zero-order chi connectivity index (χ0) is 13.9. The fraction of sp³-hybridized carbons (Fsp3) is 0.533. The van der Waals surface area contributed by atoms with Gasteiger partial charge in [0.2, 0.25) is 0 Å². The third kappa shape index (κ3) is 3.04. The first-order valence-electron chi connectivity index (χ1n) is 7.36. The molecule has 3 N–H and O–H groups in total. The molecule has 1 aromatic heterocycles. The topological polar surface area (TPSA) is 67.3 Å². The van der Waals surface area contributed by atoms with Gasteiger partial charge in [0.25, 0.3) is 6.01 Å². The lowest BCUT2D eigenvalue weighted by atomic mass is 10.1. The number of piperidine rings is 1. The summed E-state index contributed by atoms with van der Waals surface area (Å²) in [7, 11) is 0. The minimum atomic E-state index is 0.318. The van der Waals surface area contributed by atoms with E-state index in [9.17, 15) is 0 Å². The first-order valence-corrected chi connectivity index (χ1v) is 7.36. The number of nitrogens with zero attached hydrogens (tertiary/aromatic N) is 2. The van der Waals surface area contributed by atoms with Crippen molar-refractivity contribution in [2.45, 2.75) is 32.2 Å². The minimum Gasteiger partial charge on any atom is -0.423 e. The van der Waals surface area contributed by atoms with Crippen LogP contribution in [-0.2, 0) is 0 Å². The smallest absolute Gasteiger partial charge is 0.295 e. The average Bonchev–Trinajstić information content (AvgIpc) is 2.80. The molecule has 108 valence electrons. The summed E-state index contributed by atoms with van der Waals surface area (Å²) in [6, 6.07) is 6.43. The summed E-state index contributed by atoms with van der Waals surface area (Å²) in [4.78, 5) is 6.94. The highest BCUT2D eigenvalue weighted by atomic mass is 16.4. The maximum atomic E-state index is 5.74. The van der Waals surface area contributed by atoms with Crippen molar-refractivity contribution in [1.82, 2.24) is 9.88 Å². The van der Waals surface area contributed by atoms with Crippen molar-refractivity contribution in [1.29, 1.82) is 0 Å². The van der Waals surface area contributed by atoms with Crippen molar-refractivity contribution in [3.8, 4) is 0 Å². The number of hydrogen-bond acceptors (Lipinski definition) is 5. The van der Waals surface area contributed by atoms with Gasteiger partial charge in [-0.1, -0.05) is 6.42 Å². The summed E-state index contributed by atoms with van der Waals surface area (Å²) < 4.78 is 5.69. The van der Waals surface area contributed by atoms with Crippen LogP contribution in [0.3, 0.4) is 0 Å². The Hall–Kier alpha value is -1.75. The number of aromatic nitrogens is 1. The zero-order valence-corrected chi connectivity index (χ0v) is 11.9. The van der Waals surface area contributed by atoms with Gasteiger partial charge in [-0.25, -0.2) is 0 Å². The van der Waals surface area contributed by atoms with Crippen LogP contribution in [0.1, 0.15) is 26.2 Å². The summed E-state index contributed by atoms with van der Waals surface area (Å²) in [5.41, 5.74) is 8.01. The SMILES string of the molecule is CC(CN1CCCCC1)Nc1nc2ccc(N)cc2o1. The predicted octanol–water partition coefficient (Wildman–Crippen LogP) is 2.70. The van der Waals surface area contributed by atoms with Crippen LogP contribution in [0.4, 0.5) is 11.7 Å². The van der Waals surface area contributed by atoms with Gasteiger partial charge in [-0.3, -0.25) is 0 Å². The van der Waals surface area contributed by atoms with E-state index in [-0.39, 0.29) is 0 Å². The quantitative estimate of drug-likeness (QED) is 0.839. The molecule has 20 heavy (non-hydrogen) atoms. The number of likely N-dealkylation sites (tertiary alicyclic amines) is 1. The number of nitrogens with two attached hydrogens (primary N) is 1. The van der Waals surface area contributed by atoms with Crippen LogP contribution in [-0.4, -0.2) is 35.6 Å². The molecule has 1 aliphatic rings. The minimum absolute atomic E-state index is 0.318. The average molecular weight is 274 g/mol. The predicted molar refractivity (Wildman–Crippen MR) is 81.8 cm³/mol. The molecule has 0 aliphatic carbocycles. The van der Waals surface area contributed by atoms with Crippen LogP contribution in [0.2, 0.25) is 0 Å². The van der Waals surface area contributed by atoms with Crippen molar-refractivity contribution in [2.75, 3.05) is 30.7 Å². The third-order valence-corrected chi connectivity index (χ3v) is 3.76. The van der Waals surface area contributed by atoms with Gasteiger partial charge in [-0.2, -0.15) is 4.98 Å². The molecule has 0 bridgehead atoms. The Morgan fingerprint density at radius 1 is 1.35 bits per heavy atom. The summed E-state index contributed by atoms with van der Waals surface area (Å²) in [6.45, 7) is 5.60. The van der Waals surface area contributed by atoms with Gasteiger partial charge in [0.05, 0.1) is 0 Å². The molecular weight excluding hydrogens is 252 g/mol. The standard InChI is InChI=1S/C15H22N4O/c1-11(10-19-7-3-2-4-8-19)17-15-18-13-6-5-12(16)9-14(13)20-15/h5-6,9,11H,2-4,7-8,10,16H2,1H3,(H,17,18). The Morgan fingerprint density at radius 2 is 2.15 bits per heavy atom. The molecule has 1 aromatic carbocycles. The second kappa shape index (κ2) is 5.71. The fourth-order valence-corrected chi connectivity index (χ4v) is 2.79. The van der Waals surface area contributed by atoms with E-state index in [1.54, 1.807) is 0 Å². The molecule has 2 heterocycles. The molecule has 1 unspecified atom stereocenters. The van der Waals surface area contributed by atoms with Gasteiger partial charge in [0.1, 0.15) is 5.52 Å². The van der Waals surface area contributed by atoms with Crippen molar-refractivity contribution >= 4 is 22.8 Å². The highest BCUT2D eigenvalue weighted by Crippen LogP contribution is 2.21. The Bertz CT molecular complexity index is 574. The van der Waals surface area contributed by atoms with Gasteiger partial charge < -0.3 is 20.4 Å². The third-order valence-electron chi connectivity index (χ3n) is 3.76. The Kier molecular flexibility index (Phi) is 3.78. The van der Waals surface area contributed by atoms with E-state index >= 15 is 0 Å². The molecule has 1 atom stereocenters. The maximum Gasteiger partial charge on any atom is 0.295 e. The fourth-order valence-electron chi connectivity index (χ4n) is 2.79. The highest BCUT2D eigenvalue weighted by Gasteiger charge is 2.15. The number of benzene rings is 1. The van der Waals surface area contributed by atoms with Crippen LogP contribution in [0, 0.1) is 0 Å². The number of rotatable bonds is 4. The van der Waals surface area contributed by atoms with Gasteiger partial charge >= 0.3 is 0 Å². The molecule has 0 amide bonds. The number of fused-ring (bicyclic) bond motifs is 1. The molecule has 1 fully saturated rings. The van der Waals surface area contributed by atoms with Crippen LogP contribution in [0.25, 0.3) is 11.1 Å². The first-order chi connectivity index (χ1) is 9.70. The van der Waals surface area contributed by atoms with Crippen molar-refractivity contribution < 1.29 is 4.42 Å². The van der Waals surface area contributed by atoms with Crippen LogP contribution >= 0.6 is 0 Å². The second-order valence-electron chi connectivity index (χ2n) is 5.65. The molecule has 0 radical (unpaired) electrons. The van der Waals surface area contributed by atoms with E-state index in [2.05, 4.69) is 22.1 Å². The molecular formula is C15H22N4O. The second-order valence-corrected chi connectivity index (χ2v) is 5.65. The van der Waals surface area contributed by atoms with E-state index in [0.29, 0.717) is 17.7 Å². The number of nitrogens with one attached hydrogen (secondary N) is 1. The lowest BCUT2D eigenvalue weighted by Gasteiger charge is -2.29. The first kappa shape index (κ1) is 13.2. The lowest BCUT2D eigenvalue weighted by Crippen LogP contribution is -2.38. The van der Waals surface area contributed by atoms with Gasteiger partial charge in [-0.05, 0) is 45.0 Å². The van der Waals surface area contributed by atoms with E-state index in [1.165, 1.54) is 32.4 Å². The van der Waals surface area contributed by atoms with Crippen LogP contribution in [0.15, 0.2) is 22.6 Å². The van der Waals surface area contributed by atoms with E-state index in [1.807, 2.05) is 18.2 Å². The van der Waals surface area contributed by atoms with Crippen molar-refractivity contribution in [3.63, 3.8) is 0 Å². The van der Waals surface area contributed by atoms with Crippen LogP contribution in [0.5, 0.6) is 0 Å². The molecule has 0 saturated carbocycles. The lowest BCUT2D eigenvalue weighted by molar-refractivity contribution is 0.222. The molecule has 5 nitrogen and oxygen atoms in total. The Balaban J connectivity index is 1.63.